The average Bonchev–Trinajstić information content (AvgIpc) is 2.89. The van der Waals surface area contributed by atoms with E-state index in [1.54, 1.807) is 43.3 Å². The van der Waals surface area contributed by atoms with Gasteiger partial charge in [0.05, 0.1) is 6.61 Å². The van der Waals surface area contributed by atoms with E-state index in [1.807, 2.05) is 6.92 Å². The topological polar surface area (TPSA) is 9.23 Å². The lowest BCUT2D eigenvalue weighted by molar-refractivity contribution is 0.314. The van der Waals surface area contributed by atoms with Gasteiger partial charge in [-0.05, 0) is 98.6 Å². The lowest BCUT2D eigenvalue weighted by Crippen LogP contribution is -2.14. The van der Waals surface area contributed by atoms with Gasteiger partial charge in [-0.15, -0.1) is 0 Å². The largest absolute Gasteiger partial charge is 0.491 e. The Bertz CT molecular complexity index is 1210. The Morgan fingerprint density at radius 3 is 2.17 bits per heavy atom. The highest BCUT2D eigenvalue weighted by Crippen LogP contribution is 2.38. The fourth-order valence-corrected chi connectivity index (χ4v) is 5.16. The van der Waals surface area contributed by atoms with Crippen LogP contribution in [0, 0.1) is 29.2 Å². The molecule has 1 fully saturated rings. The fourth-order valence-electron chi connectivity index (χ4n) is 5.16. The quantitative estimate of drug-likeness (QED) is 0.223. The predicted octanol–water partition coefficient (Wildman–Crippen LogP) is 8.94. The molecule has 36 heavy (non-hydrogen) atoms. The van der Waals surface area contributed by atoms with Crippen LogP contribution in [0.3, 0.4) is 0 Å². The van der Waals surface area contributed by atoms with Gasteiger partial charge in [0, 0.05) is 5.56 Å². The standard InChI is InChI=1S/C31H32F4O/c1-3-5-20-6-11-22(12-7-20)25-17-16-24(28(32)29(25)33)15-10-21-8-13-23(14-9-21)26-18-19-27(36-4-2)31(35)30(26)34/h3,5,8-9,13-14,16-20,22H,4,6-7,10-12,15H2,1-2H3. The number of hydrogen-bond donors (Lipinski definition) is 0. The van der Waals surface area contributed by atoms with E-state index >= 15 is 0 Å². The van der Waals surface area contributed by atoms with Gasteiger partial charge in [0.1, 0.15) is 0 Å². The minimum Gasteiger partial charge on any atom is -0.491 e. The van der Waals surface area contributed by atoms with Gasteiger partial charge in [0.2, 0.25) is 5.82 Å². The van der Waals surface area contributed by atoms with Gasteiger partial charge in [-0.25, -0.2) is 13.2 Å². The second kappa shape index (κ2) is 11.8. The first-order valence-electron chi connectivity index (χ1n) is 12.7. The molecule has 4 rings (SSSR count). The third-order valence-electron chi connectivity index (χ3n) is 7.16. The summed E-state index contributed by atoms with van der Waals surface area (Å²) in [6, 6.07) is 13.4. The van der Waals surface area contributed by atoms with Crippen LogP contribution >= 0.6 is 0 Å². The molecule has 0 bridgehead atoms. The Morgan fingerprint density at radius 1 is 0.778 bits per heavy atom. The normalized spacial score (nSPS) is 18.1. The van der Waals surface area contributed by atoms with Crippen molar-refractivity contribution in [3.63, 3.8) is 0 Å². The highest BCUT2D eigenvalue weighted by Gasteiger charge is 2.25. The minimum absolute atomic E-state index is 0.0652. The number of ether oxygens (including phenoxy) is 1. The Labute approximate surface area is 210 Å². The smallest absolute Gasteiger partial charge is 0.201 e. The molecule has 0 unspecified atom stereocenters. The van der Waals surface area contributed by atoms with Crippen LogP contribution in [0.15, 0.2) is 60.7 Å². The van der Waals surface area contributed by atoms with E-state index in [0.29, 0.717) is 35.4 Å². The Morgan fingerprint density at radius 2 is 1.50 bits per heavy atom. The van der Waals surface area contributed by atoms with Gasteiger partial charge in [-0.2, -0.15) is 4.39 Å². The van der Waals surface area contributed by atoms with Crippen LogP contribution in [-0.4, -0.2) is 6.61 Å². The van der Waals surface area contributed by atoms with Gasteiger partial charge in [-0.3, -0.25) is 0 Å². The monoisotopic (exact) mass is 496 g/mol. The highest BCUT2D eigenvalue weighted by molar-refractivity contribution is 5.65. The van der Waals surface area contributed by atoms with E-state index in [1.165, 1.54) is 12.1 Å². The summed E-state index contributed by atoms with van der Waals surface area (Å²) in [5.74, 6) is -2.95. The molecule has 1 saturated carbocycles. The number of allylic oxidation sites excluding steroid dienone is 2. The zero-order valence-corrected chi connectivity index (χ0v) is 20.8. The Hall–Kier alpha value is -3.08. The summed E-state index contributed by atoms with van der Waals surface area (Å²) in [6.07, 6.45) is 8.86. The number of hydrogen-bond acceptors (Lipinski definition) is 1. The summed E-state index contributed by atoms with van der Waals surface area (Å²) in [4.78, 5) is 0. The first-order valence-corrected chi connectivity index (χ1v) is 12.7. The zero-order chi connectivity index (χ0) is 25.7. The van der Waals surface area contributed by atoms with Crippen LogP contribution in [-0.2, 0) is 12.8 Å². The first-order chi connectivity index (χ1) is 17.4. The van der Waals surface area contributed by atoms with Crippen molar-refractivity contribution < 1.29 is 22.3 Å². The molecule has 0 atom stereocenters. The van der Waals surface area contributed by atoms with Gasteiger partial charge < -0.3 is 4.74 Å². The lowest BCUT2D eigenvalue weighted by Gasteiger charge is -2.27. The molecule has 0 aromatic heterocycles. The molecule has 0 heterocycles. The van der Waals surface area contributed by atoms with Gasteiger partial charge >= 0.3 is 0 Å². The molecule has 0 spiro atoms. The maximum atomic E-state index is 14.9. The summed E-state index contributed by atoms with van der Waals surface area (Å²) in [6.45, 7) is 3.96. The van der Waals surface area contributed by atoms with E-state index in [4.69, 9.17) is 4.74 Å². The maximum Gasteiger partial charge on any atom is 0.201 e. The Kier molecular flexibility index (Phi) is 8.50. The number of aryl methyl sites for hydroxylation is 2. The van der Waals surface area contributed by atoms with Crippen LogP contribution < -0.4 is 4.74 Å². The second-order valence-electron chi connectivity index (χ2n) is 9.45. The van der Waals surface area contributed by atoms with Crippen LogP contribution in [0.2, 0.25) is 0 Å². The molecule has 5 heteroatoms. The van der Waals surface area contributed by atoms with E-state index in [0.717, 1.165) is 31.2 Å². The van der Waals surface area contributed by atoms with Gasteiger partial charge in [0.15, 0.2) is 23.2 Å². The molecule has 0 N–H and O–H groups in total. The van der Waals surface area contributed by atoms with Crippen molar-refractivity contribution in [2.24, 2.45) is 5.92 Å². The van der Waals surface area contributed by atoms with E-state index < -0.39 is 23.3 Å². The van der Waals surface area contributed by atoms with Crippen molar-refractivity contribution in [1.82, 2.24) is 0 Å². The van der Waals surface area contributed by atoms with Crippen LogP contribution in [0.5, 0.6) is 5.75 Å². The van der Waals surface area contributed by atoms with Crippen molar-refractivity contribution in [2.75, 3.05) is 6.61 Å². The third kappa shape index (κ3) is 5.66. The van der Waals surface area contributed by atoms with Gasteiger partial charge in [-0.1, -0.05) is 48.6 Å². The van der Waals surface area contributed by atoms with Crippen LogP contribution in [0.25, 0.3) is 11.1 Å². The molecule has 1 aliphatic rings. The molecule has 1 aliphatic carbocycles. The number of rotatable bonds is 8. The molecular formula is C31H32F4O. The predicted molar refractivity (Wildman–Crippen MR) is 136 cm³/mol. The van der Waals surface area contributed by atoms with Crippen LogP contribution in [0.1, 0.15) is 62.1 Å². The molecule has 3 aromatic carbocycles. The molecule has 0 saturated heterocycles. The summed E-state index contributed by atoms with van der Waals surface area (Å²) in [7, 11) is 0. The van der Waals surface area contributed by atoms with Crippen molar-refractivity contribution in [2.45, 2.75) is 58.3 Å². The fraction of sp³-hybridized carbons (Fsp3) is 0.355. The zero-order valence-electron chi connectivity index (χ0n) is 20.8. The Balaban J connectivity index is 1.41. The molecular weight excluding hydrogens is 464 g/mol. The summed E-state index contributed by atoms with van der Waals surface area (Å²) in [5.41, 5.74) is 2.42. The highest BCUT2D eigenvalue weighted by atomic mass is 19.2. The molecule has 0 radical (unpaired) electrons. The average molecular weight is 497 g/mol. The van der Waals surface area contributed by atoms with Crippen LogP contribution in [0.4, 0.5) is 17.6 Å². The number of halogens is 4. The molecule has 0 aliphatic heterocycles. The summed E-state index contributed by atoms with van der Waals surface area (Å²) < 4.78 is 63.7. The van der Waals surface area contributed by atoms with Crippen molar-refractivity contribution >= 4 is 0 Å². The molecule has 3 aromatic rings. The lowest BCUT2D eigenvalue weighted by atomic mass is 9.78. The molecule has 190 valence electrons. The summed E-state index contributed by atoms with van der Waals surface area (Å²) >= 11 is 0. The maximum absolute atomic E-state index is 14.9. The third-order valence-corrected chi connectivity index (χ3v) is 7.16. The van der Waals surface area contributed by atoms with Crippen molar-refractivity contribution in [3.8, 4) is 16.9 Å². The van der Waals surface area contributed by atoms with Gasteiger partial charge in [0.25, 0.3) is 0 Å². The summed E-state index contributed by atoms with van der Waals surface area (Å²) in [5, 5.41) is 0. The second-order valence-corrected chi connectivity index (χ2v) is 9.45. The van der Waals surface area contributed by atoms with E-state index in [2.05, 4.69) is 12.2 Å². The van der Waals surface area contributed by atoms with E-state index in [-0.39, 0.29) is 23.8 Å². The minimum atomic E-state index is -1.01. The van der Waals surface area contributed by atoms with Crippen molar-refractivity contribution in [3.05, 3.63) is 101 Å². The molecule has 1 nitrogen and oxygen atoms in total. The molecule has 0 amide bonds. The van der Waals surface area contributed by atoms with E-state index in [9.17, 15) is 17.6 Å². The first kappa shape index (κ1) is 26.0. The number of benzene rings is 3. The SMILES string of the molecule is CC=CC1CCC(c2ccc(CCc3ccc(-c4ccc(OCC)c(F)c4F)cc3)c(F)c2F)CC1. The van der Waals surface area contributed by atoms with Crippen molar-refractivity contribution in [1.29, 1.82) is 0 Å².